The van der Waals surface area contributed by atoms with E-state index in [-0.39, 0.29) is 104 Å². The predicted octanol–water partition coefficient (Wildman–Crippen LogP) is 5.38. The Morgan fingerprint density at radius 1 is 0.554 bits per heavy atom. The zero-order valence-corrected chi connectivity index (χ0v) is 49.3. The van der Waals surface area contributed by atoms with Crippen LogP contribution < -0.4 is 31.9 Å². The molecular formula is C65H88N10O8. The summed E-state index contributed by atoms with van der Waals surface area (Å²) in [6.45, 7) is 6.34. The van der Waals surface area contributed by atoms with Gasteiger partial charge in [-0.15, -0.1) is 0 Å². The number of fused-ring (bicyclic) bond motifs is 1. The van der Waals surface area contributed by atoms with Crippen LogP contribution in [-0.4, -0.2) is 169 Å². The molecule has 4 aromatic rings. The van der Waals surface area contributed by atoms with Crippen molar-refractivity contribution in [2.75, 3.05) is 59.9 Å². The number of rotatable bonds is 24. The maximum atomic E-state index is 15.1. The van der Waals surface area contributed by atoms with Crippen LogP contribution >= 0.6 is 0 Å². The second-order valence-corrected chi connectivity index (χ2v) is 23.7. The number of hydrogen-bond donors (Lipinski definition) is 6. The van der Waals surface area contributed by atoms with E-state index in [9.17, 15) is 24.0 Å². The molecule has 4 aromatic carbocycles. The molecule has 2 aliphatic carbocycles. The van der Waals surface area contributed by atoms with E-state index in [2.05, 4.69) is 31.9 Å². The smallest absolute Gasteiger partial charge is 0.253 e. The number of benzene rings is 4. The SMILES string of the molecule is CNCC(=O)NC(C(=O)N1CC(NC(C)=O)CC1CN(CCc1ccccc1)C(=O)c1ccc2cc(C(=O)N(CCc3ccccc3)CC3CC(NC(C)=O)CN3C(=O)C(NC(=O)[C@H](C)NC)C3CCCCC3)ccc2c1)C1CCCCC1. The molecule has 83 heavy (non-hydrogen) atoms. The number of carbonyl (C=O) groups is 8. The standard InChI is InChI=1S/C65H88N10O8/c1-43(67-5)61(79)71-60(49-24-16-9-17-25-49)65(83)75-40-55(69-45(3)77)37-57(75)42-73(33-31-47-20-12-7-13-21-47)63(81)53-29-27-50-34-52(28-26-51(50)35-53)62(80)72(32-30-46-18-10-6-11-19-46)41-56-36-54(68-44(2)76)39-74(56)64(82)59(70-58(78)38-66-4)48-22-14-8-15-23-48/h6-7,10-13,18-21,26-29,34-35,43,48-49,54-57,59-60,66-67H,8-9,14-17,22-25,30-33,36-42H2,1-5H3,(H,68,76)(H,69,77)(H,70,78)(H,71,79)/t43-,54?,55?,56?,57?,59?,60?/m0/s1. The monoisotopic (exact) mass is 1140 g/mol. The van der Waals surface area contributed by atoms with Crippen LogP contribution in [0, 0.1) is 11.8 Å². The molecule has 2 aliphatic heterocycles. The van der Waals surface area contributed by atoms with Crippen LogP contribution in [-0.2, 0) is 41.6 Å². The Bertz CT molecular complexity index is 2880. The van der Waals surface area contributed by atoms with E-state index >= 15 is 14.4 Å². The summed E-state index contributed by atoms with van der Waals surface area (Å²) in [5.41, 5.74) is 2.96. The van der Waals surface area contributed by atoms with Gasteiger partial charge in [-0.1, -0.05) is 111 Å². The molecule has 8 amide bonds. The molecule has 7 atom stereocenters. The second-order valence-electron chi connectivity index (χ2n) is 23.7. The zero-order chi connectivity index (χ0) is 59.0. The van der Waals surface area contributed by atoms with Crippen molar-refractivity contribution in [2.45, 2.75) is 153 Å². The van der Waals surface area contributed by atoms with Crippen LogP contribution in [0.15, 0.2) is 97.1 Å². The molecule has 18 heteroatoms. The first-order valence-corrected chi connectivity index (χ1v) is 30.4. The Morgan fingerprint density at radius 3 is 1.37 bits per heavy atom. The summed E-state index contributed by atoms with van der Waals surface area (Å²) in [6, 6.07) is 27.2. The first-order chi connectivity index (χ1) is 40.1. The summed E-state index contributed by atoms with van der Waals surface area (Å²) in [5, 5.41) is 19.6. The van der Waals surface area contributed by atoms with Crippen LogP contribution in [0.25, 0.3) is 10.8 Å². The van der Waals surface area contributed by atoms with E-state index in [0.717, 1.165) is 86.1 Å². The minimum absolute atomic E-state index is 0.0330. The Morgan fingerprint density at radius 2 is 0.976 bits per heavy atom. The lowest BCUT2D eigenvalue weighted by molar-refractivity contribution is -0.139. The Labute approximate surface area is 490 Å². The van der Waals surface area contributed by atoms with E-state index in [1.54, 1.807) is 52.8 Å². The van der Waals surface area contributed by atoms with Crippen LogP contribution in [0.2, 0.25) is 0 Å². The van der Waals surface area contributed by atoms with Crippen molar-refractivity contribution in [3.8, 4) is 0 Å². The van der Waals surface area contributed by atoms with E-state index < -0.39 is 30.2 Å². The van der Waals surface area contributed by atoms with Crippen molar-refractivity contribution in [1.82, 2.24) is 51.5 Å². The molecule has 0 aromatic heterocycles. The third-order valence-electron chi connectivity index (χ3n) is 17.6. The van der Waals surface area contributed by atoms with Gasteiger partial charge in [0.25, 0.3) is 11.8 Å². The number of nitrogens with one attached hydrogen (secondary N) is 6. The van der Waals surface area contributed by atoms with Crippen LogP contribution in [0.5, 0.6) is 0 Å². The summed E-state index contributed by atoms with van der Waals surface area (Å²) in [5.74, 6) is -1.88. The van der Waals surface area contributed by atoms with Gasteiger partial charge in [-0.05, 0) is 130 Å². The molecule has 0 radical (unpaired) electrons. The third-order valence-corrected chi connectivity index (χ3v) is 17.6. The quantitative estimate of drug-likeness (QED) is 0.0526. The molecule has 0 spiro atoms. The van der Waals surface area contributed by atoms with Gasteiger partial charge < -0.3 is 51.5 Å². The van der Waals surface area contributed by atoms with Crippen molar-refractivity contribution in [2.24, 2.45) is 11.8 Å². The third kappa shape index (κ3) is 16.8. The minimum atomic E-state index is -0.754. The van der Waals surface area contributed by atoms with Crippen molar-refractivity contribution in [1.29, 1.82) is 0 Å². The normalized spacial score (nSPS) is 20.4. The Hall–Kier alpha value is -7.18. The molecule has 2 heterocycles. The van der Waals surface area contributed by atoms with Gasteiger partial charge in [0.2, 0.25) is 35.4 Å². The molecule has 4 fully saturated rings. The highest BCUT2D eigenvalue weighted by Crippen LogP contribution is 2.33. The van der Waals surface area contributed by atoms with Crippen LogP contribution in [0.1, 0.15) is 130 Å². The number of hydrogen-bond acceptors (Lipinski definition) is 10. The van der Waals surface area contributed by atoms with Crippen molar-refractivity contribution >= 4 is 58.0 Å². The largest absolute Gasteiger partial charge is 0.352 e. The molecule has 8 rings (SSSR count). The highest BCUT2D eigenvalue weighted by molar-refractivity contribution is 6.02. The van der Waals surface area contributed by atoms with E-state index in [0.29, 0.717) is 49.9 Å². The fourth-order valence-electron chi connectivity index (χ4n) is 13.1. The fourth-order valence-corrected chi connectivity index (χ4v) is 13.1. The van der Waals surface area contributed by atoms with Gasteiger partial charge in [-0.25, -0.2) is 0 Å². The number of likely N-dealkylation sites (tertiary alicyclic amines) is 2. The highest BCUT2D eigenvalue weighted by Gasteiger charge is 2.45. The van der Waals surface area contributed by atoms with Gasteiger partial charge in [0, 0.05) is 76.3 Å². The van der Waals surface area contributed by atoms with Gasteiger partial charge in [0.15, 0.2) is 0 Å². The molecular weight excluding hydrogens is 1050 g/mol. The minimum Gasteiger partial charge on any atom is -0.352 e. The van der Waals surface area contributed by atoms with Gasteiger partial charge in [-0.3, -0.25) is 38.4 Å². The van der Waals surface area contributed by atoms with Crippen LogP contribution in [0.3, 0.4) is 0 Å². The summed E-state index contributed by atoms with van der Waals surface area (Å²) in [6.07, 6.45) is 11.3. The van der Waals surface area contributed by atoms with Crippen LogP contribution in [0.4, 0.5) is 0 Å². The number of carbonyl (C=O) groups excluding carboxylic acids is 8. The molecule has 6 unspecified atom stereocenters. The molecule has 0 bridgehead atoms. The Balaban J connectivity index is 1.06. The molecule has 2 saturated heterocycles. The first kappa shape index (κ1) is 61.9. The molecule has 6 N–H and O–H groups in total. The van der Waals surface area contributed by atoms with Gasteiger partial charge in [0.1, 0.15) is 12.1 Å². The van der Waals surface area contributed by atoms with E-state index in [4.69, 9.17) is 0 Å². The summed E-state index contributed by atoms with van der Waals surface area (Å²) >= 11 is 0. The average molecular weight is 1140 g/mol. The number of nitrogens with zero attached hydrogens (tertiary/aromatic N) is 4. The number of likely N-dealkylation sites (N-methyl/N-ethyl adjacent to an activating group) is 2. The molecule has 446 valence electrons. The maximum absolute atomic E-state index is 15.1. The number of amides is 8. The fraction of sp³-hybridized carbons (Fsp3) is 0.538. The molecule has 2 saturated carbocycles. The van der Waals surface area contributed by atoms with E-state index in [1.807, 2.05) is 84.9 Å². The molecule has 18 nitrogen and oxygen atoms in total. The summed E-state index contributed by atoms with van der Waals surface area (Å²) < 4.78 is 0. The second kappa shape index (κ2) is 29.9. The predicted molar refractivity (Wildman–Crippen MR) is 321 cm³/mol. The lowest BCUT2D eigenvalue weighted by Gasteiger charge is -2.37. The lowest BCUT2D eigenvalue weighted by Crippen LogP contribution is -2.57. The van der Waals surface area contributed by atoms with Gasteiger partial charge >= 0.3 is 0 Å². The average Bonchev–Trinajstić information content (AvgIpc) is 4.35. The highest BCUT2D eigenvalue weighted by atomic mass is 16.2. The van der Waals surface area contributed by atoms with E-state index in [1.165, 1.54) is 13.8 Å². The van der Waals surface area contributed by atoms with Gasteiger partial charge in [-0.2, -0.15) is 0 Å². The summed E-state index contributed by atoms with van der Waals surface area (Å²) in [4.78, 5) is 119. The van der Waals surface area contributed by atoms with Crippen molar-refractivity contribution in [3.63, 3.8) is 0 Å². The van der Waals surface area contributed by atoms with Crippen molar-refractivity contribution in [3.05, 3.63) is 119 Å². The summed E-state index contributed by atoms with van der Waals surface area (Å²) in [7, 11) is 3.40. The Kier molecular flexibility index (Phi) is 22.3. The van der Waals surface area contributed by atoms with Gasteiger partial charge in [0.05, 0.1) is 24.7 Å². The topological polar surface area (TPSA) is 222 Å². The molecule has 4 aliphatic rings. The van der Waals surface area contributed by atoms with Crippen molar-refractivity contribution < 1.29 is 38.4 Å². The zero-order valence-electron chi connectivity index (χ0n) is 49.3. The first-order valence-electron chi connectivity index (χ1n) is 30.4. The maximum Gasteiger partial charge on any atom is 0.253 e. The lowest BCUT2D eigenvalue weighted by atomic mass is 9.83.